The fourth-order valence-corrected chi connectivity index (χ4v) is 2.28. The minimum atomic E-state index is -0.494. The molecule has 0 radical (unpaired) electrons. The van der Waals surface area contributed by atoms with Crippen LogP contribution >= 0.6 is 0 Å². The second-order valence-corrected chi connectivity index (χ2v) is 4.84. The lowest BCUT2D eigenvalue weighted by atomic mass is 10.1. The van der Waals surface area contributed by atoms with Crippen LogP contribution in [0.2, 0.25) is 0 Å². The number of carbonyl (C=O) groups is 2. The number of pyridine rings is 1. The summed E-state index contributed by atoms with van der Waals surface area (Å²) in [5.74, 6) is -0.292. The molecule has 0 aliphatic carbocycles. The number of esters is 1. The Morgan fingerprint density at radius 2 is 2.15 bits per heavy atom. The van der Waals surface area contributed by atoms with E-state index in [4.69, 9.17) is 4.74 Å². The van der Waals surface area contributed by atoms with Crippen molar-refractivity contribution in [2.24, 2.45) is 4.99 Å². The molecule has 1 amide bonds. The van der Waals surface area contributed by atoms with Crippen molar-refractivity contribution in [2.75, 3.05) is 7.11 Å². The van der Waals surface area contributed by atoms with E-state index in [2.05, 4.69) is 9.98 Å². The first kappa shape index (κ1) is 14.2. The molecule has 0 saturated heterocycles. The first-order valence-electron chi connectivity index (χ1n) is 6.42. The summed E-state index contributed by atoms with van der Waals surface area (Å²) in [4.78, 5) is 33.8. The average Bonchev–Trinajstić information content (AvgIpc) is 2.74. The van der Waals surface area contributed by atoms with Crippen molar-refractivity contribution in [3.05, 3.63) is 29.6 Å². The van der Waals surface area contributed by atoms with Gasteiger partial charge in [0.2, 0.25) is 0 Å². The van der Waals surface area contributed by atoms with Gasteiger partial charge in [0.15, 0.2) is 5.84 Å². The Hall–Kier alpha value is -2.24. The number of amides is 1. The zero-order valence-electron chi connectivity index (χ0n) is 12.0. The highest BCUT2D eigenvalue weighted by molar-refractivity contribution is 6.14. The first-order valence-corrected chi connectivity index (χ1v) is 6.42. The summed E-state index contributed by atoms with van der Waals surface area (Å²) in [6.45, 7) is 5.72. The third kappa shape index (κ3) is 2.29. The SMILES string of the molecule is COC(=O)c1cccnc1C1=NC(=O)C(C)N1C(C)C. The Labute approximate surface area is 117 Å². The summed E-state index contributed by atoms with van der Waals surface area (Å²) in [6.07, 6.45) is 1.57. The molecule has 6 heteroatoms. The number of ether oxygens (including phenoxy) is 1. The van der Waals surface area contributed by atoms with Crippen molar-refractivity contribution in [1.29, 1.82) is 0 Å². The normalized spacial score (nSPS) is 18.4. The highest BCUT2D eigenvalue weighted by Gasteiger charge is 2.36. The lowest BCUT2D eigenvalue weighted by Gasteiger charge is -2.28. The number of rotatable bonds is 3. The van der Waals surface area contributed by atoms with Crippen LogP contribution in [0.15, 0.2) is 23.3 Å². The third-order valence-corrected chi connectivity index (χ3v) is 3.22. The number of aromatic nitrogens is 1. The van der Waals surface area contributed by atoms with Crippen molar-refractivity contribution in [3.8, 4) is 0 Å². The maximum absolute atomic E-state index is 11.9. The molecule has 0 N–H and O–H groups in total. The van der Waals surface area contributed by atoms with Crippen LogP contribution in [0.5, 0.6) is 0 Å². The summed E-state index contributed by atoms with van der Waals surface area (Å²) < 4.78 is 4.75. The molecule has 0 spiro atoms. The van der Waals surface area contributed by atoms with Gasteiger partial charge in [-0.1, -0.05) is 0 Å². The second kappa shape index (κ2) is 5.40. The van der Waals surface area contributed by atoms with E-state index >= 15 is 0 Å². The zero-order valence-corrected chi connectivity index (χ0v) is 12.0. The van der Waals surface area contributed by atoms with Crippen molar-refractivity contribution in [2.45, 2.75) is 32.9 Å². The molecule has 1 aromatic heterocycles. The maximum atomic E-state index is 11.9. The topological polar surface area (TPSA) is 71.9 Å². The molecule has 0 bridgehead atoms. The van der Waals surface area contributed by atoms with E-state index < -0.39 is 5.97 Å². The van der Waals surface area contributed by atoms with Crippen molar-refractivity contribution < 1.29 is 14.3 Å². The van der Waals surface area contributed by atoms with Crippen LogP contribution < -0.4 is 0 Å². The van der Waals surface area contributed by atoms with E-state index in [9.17, 15) is 9.59 Å². The monoisotopic (exact) mass is 275 g/mol. The Balaban J connectivity index is 2.53. The molecule has 1 aromatic rings. The maximum Gasteiger partial charge on any atom is 0.340 e. The molecular formula is C14H17N3O3. The van der Waals surface area contributed by atoms with Crippen LogP contribution in [-0.2, 0) is 9.53 Å². The first-order chi connectivity index (χ1) is 9.47. The number of hydrogen-bond donors (Lipinski definition) is 0. The van der Waals surface area contributed by atoms with Crippen LogP contribution in [0.25, 0.3) is 0 Å². The quantitative estimate of drug-likeness (QED) is 0.776. The van der Waals surface area contributed by atoms with Gasteiger partial charge in [0.05, 0.1) is 12.7 Å². The largest absolute Gasteiger partial charge is 0.465 e. The molecule has 20 heavy (non-hydrogen) atoms. The van der Waals surface area contributed by atoms with Gasteiger partial charge in [0, 0.05) is 12.2 Å². The number of nitrogens with zero attached hydrogens (tertiary/aromatic N) is 3. The number of aliphatic imine (C=N–C) groups is 1. The van der Waals surface area contributed by atoms with E-state index in [-0.39, 0.29) is 18.0 Å². The molecule has 6 nitrogen and oxygen atoms in total. The van der Waals surface area contributed by atoms with E-state index in [1.54, 1.807) is 25.3 Å². The standard InChI is InChI=1S/C14H17N3O3/c1-8(2)17-9(3)13(18)16-12(17)11-10(14(19)20-4)6-5-7-15-11/h5-9H,1-4H3. The van der Waals surface area contributed by atoms with Gasteiger partial charge in [-0.3, -0.25) is 9.78 Å². The van der Waals surface area contributed by atoms with Gasteiger partial charge >= 0.3 is 5.97 Å². The van der Waals surface area contributed by atoms with Gasteiger partial charge in [-0.25, -0.2) is 4.79 Å². The Bertz CT molecular complexity index is 581. The fraction of sp³-hybridized carbons (Fsp3) is 0.429. The predicted octanol–water partition coefficient (Wildman–Crippen LogP) is 1.25. The number of amidine groups is 1. The molecule has 2 rings (SSSR count). The summed E-state index contributed by atoms with van der Waals surface area (Å²) >= 11 is 0. The number of hydrogen-bond acceptors (Lipinski definition) is 5. The summed E-state index contributed by atoms with van der Waals surface area (Å²) in [6, 6.07) is 2.99. The van der Waals surface area contributed by atoms with Crippen LogP contribution in [0.3, 0.4) is 0 Å². The van der Waals surface area contributed by atoms with E-state index in [1.807, 2.05) is 18.7 Å². The summed E-state index contributed by atoms with van der Waals surface area (Å²) in [5, 5.41) is 0. The number of methoxy groups -OCH3 is 1. The van der Waals surface area contributed by atoms with Gasteiger partial charge in [0.1, 0.15) is 11.7 Å². The van der Waals surface area contributed by atoms with Crippen LogP contribution in [0.4, 0.5) is 0 Å². The van der Waals surface area contributed by atoms with E-state index in [0.29, 0.717) is 17.1 Å². The molecule has 1 aliphatic heterocycles. The fourth-order valence-electron chi connectivity index (χ4n) is 2.28. The van der Waals surface area contributed by atoms with Crippen LogP contribution in [0, 0.1) is 0 Å². The molecule has 1 aliphatic rings. The average molecular weight is 275 g/mol. The minimum Gasteiger partial charge on any atom is -0.465 e. The van der Waals surface area contributed by atoms with Crippen molar-refractivity contribution in [3.63, 3.8) is 0 Å². The summed E-state index contributed by atoms with van der Waals surface area (Å²) in [5.41, 5.74) is 0.687. The highest BCUT2D eigenvalue weighted by Crippen LogP contribution is 2.21. The molecule has 1 unspecified atom stereocenters. The van der Waals surface area contributed by atoms with Crippen LogP contribution in [-0.4, -0.2) is 46.8 Å². The van der Waals surface area contributed by atoms with Gasteiger partial charge in [-0.2, -0.15) is 4.99 Å². The molecular weight excluding hydrogens is 258 g/mol. The predicted molar refractivity (Wildman–Crippen MR) is 73.6 cm³/mol. The second-order valence-electron chi connectivity index (χ2n) is 4.84. The highest BCUT2D eigenvalue weighted by atomic mass is 16.5. The molecule has 106 valence electrons. The van der Waals surface area contributed by atoms with E-state index in [1.165, 1.54) is 7.11 Å². The van der Waals surface area contributed by atoms with Crippen molar-refractivity contribution in [1.82, 2.24) is 9.88 Å². The molecule has 2 heterocycles. The van der Waals surface area contributed by atoms with Gasteiger partial charge in [0.25, 0.3) is 5.91 Å². The molecule has 1 atom stereocenters. The summed E-state index contributed by atoms with van der Waals surface area (Å²) in [7, 11) is 1.31. The Morgan fingerprint density at radius 1 is 1.45 bits per heavy atom. The van der Waals surface area contributed by atoms with Crippen LogP contribution in [0.1, 0.15) is 36.8 Å². The molecule has 0 fully saturated rings. The van der Waals surface area contributed by atoms with Crippen molar-refractivity contribution >= 4 is 17.7 Å². The van der Waals surface area contributed by atoms with E-state index in [0.717, 1.165) is 0 Å². The van der Waals surface area contributed by atoms with Gasteiger partial charge < -0.3 is 9.64 Å². The zero-order chi connectivity index (χ0) is 14.9. The molecule has 0 aromatic carbocycles. The third-order valence-electron chi connectivity index (χ3n) is 3.22. The lowest BCUT2D eigenvalue weighted by molar-refractivity contribution is -0.120. The minimum absolute atomic E-state index is 0.0719. The Kier molecular flexibility index (Phi) is 3.83. The molecule has 0 saturated carbocycles. The Morgan fingerprint density at radius 3 is 2.75 bits per heavy atom. The smallest absolute Gasteiger partial charge is 0.340 e. The van der Waals surface area contributed by atoms with Gasteiger partial charge in [-0.15, -0.1) is 0 Å². The van der Waals surface area contributed by atoms with Gasteiger partial charge in [-0.05, 0) is 32.9 Å². The number of carbonyl (C=O) groups excluding carboxylic acids is 2. The lowest BCUT2D eigenvalue weighted by Crippen LogP contribution is -2.42.